The summed E-state index contributed by atoms with van der Waals surface area (Å²) in [4.78, 5) is 23.2. The Morgan fingerprint density at radius 1 is 1.17 bits per heavy atom. The predicted molar refractivity (Wildman–Crippen MR) is 89.7 cm³/mol. The quantitative estimate of drug-likeness (QED) is 0.842. The number of nitrogens with one attached hydrogen (secondary N) is 1. The van der Waals surface area contributed by atoms with Crippen molar-refractivity contribution >= 4 is 12.1 Å². The van der Waals surface area contributed by atoms with Gasteiger partial charge in [-0.25, -0.2) is 9.59 Å². The summed E-state index contributed by atoms with van der Waals surface area (Å²) in [5.74, 6) is -1.08. The first-order valence-electron chi connectivity index (χ1n) is 7.99. The Bertz CT molecular complexity index is 561. The minimum Gasteiger partial charge on any atom is -0.480 e. The van der Waals surface area contributed by atoms with Gasteiger partial charge in [0.15, 0.2) is 0 Å². The largest absolute Gasteiger partial charge is 0.480 e. The van der Waals surface area contributed by atoms with Gasteiger partial charge in [0, 0.05) is 6.42 Å². The minimum absolute atomic E-state index is 0.228. The molecule has 1 rings (SSSR count). The second kappa shape index (κ2) is 7.99. The Morgan fingerprint density at radius 3 is 2.26 bits per heavy atom. The molecule has 0 aliphatic heterocycles. The van der Waals surface area contributed by atoms with Crippen LogP contribution in [0.1, 0.15) is 51.3 Å². The van der Waals surface area contributed by atoms with Crippen LogP contribution in [0.4, 0.5) is 4.79 Å². The van der Waals surface area contributed by atoms with Crippen molar-refractivity contribution in [1.82, 2.24) is 5.32 Å². The number of rotatable bonds is 6. The van der Waals surface area contributed by atoms with Gasteiger partial charge in [0.1, 0.15) is 11.6 Å². The van der Waals surface area contributed by atoms with Crippen LogP contribution in [0.3, 0.4) is 0 Å². The Balaban J connectivity index is 2.84. The van der Waals surface area contributed by atoms with Crippen molar-refractivity contribution in [1.29, 1.82) is 0 Å². The highest BCUT2D eigenvalue weighted by molar-refractivity contribution is 5.80. The van der Waals surface area contributed by atoms with Crippen LogP contribution in [-0.2, 0) is 28.8 Å². The monoisotopic (exact) mass is 321 g/mol. The average molecular weight is 321 g/mol. The van der Waals surface area contributed by atoms with Gasteiger partial charge in [0.05, 0.1) is 0 Å². The number of benzene rings is 1. The lowest BCUT2D eigenvalue weighted by Gasteiger charge is -2.22. The van der Waals surface area contributed by atoms with Crippen LogP contribution in [0.5, 0.6) is 0 Å². The van der Waals surface area contributed by atoms with Crippen LogP contribution in [-0.4, -0.2) is 28.8 Å². The van der Waals surface area contributed by atoms with E-state index in [1.165, 1.54) is 11.1 Å². The zero-order valence-corrected chi connectivity index (χ0v) is 14.6. The molecule has 1 atom stereocenters. The van der Waals surface area contributed by atoms with Crippen molar-refractivity contribution in [2.24, 2.45) is 0 Å². The van der Waals surface area contributed by atoms with Crippen molar-refractivity contribution in [3.05, 3.63) is 34.9 Å². The third-order valence-corrected chi connectivity index (χ3v) is 3.46. The molecule has 0 saturated carbocycles. The summed E-state index contributed by atoms with van der Waals surface area (Å²) in [5.41, 5.74) is 2.71. The Labute approximate surface area is 138 Å². The summed E-state index contributed by atoms with van der Waals surface area (Å²) in [6.45, 7) is 9.38. The van der Waals surface area contributed by atoms with Crippen LogP contribution >= 0.6 is 0 Å². The van der Waals surface area contributed by atoms with Crippen LogP contribution in [0.2, 0.25) is 0 Å². The molecule has 0 fully saturated rings. The summed E-state index contributed by atoms with van der Waals surface area (Å²) in [5, 5.41) is 11.8. The van der Waals surface area contributed by atoms with E-state index >= 15 is 0 Å². The van der Waals surface area contributed by atoms with Gasteiger partial charge in [-0.15, -0.1) is 0 Å². The molecule has 0 radical (unpaired) electrons. The molecule has 0 aromatic heterocycles. The molecule has 1 aromatic rings. The molecule has 1 unspecified atom stereocenters. The molecule has 5 nitrogen and oxygen atoms in total. The zero-order valence-electron chi connectivity index (χ0n) is 14.6. The number of amides is 1. The molecule has 1 aromatic carbocycles. The summed E-state index contributed by atoms with van der Waals surface area (Å²) >= 11 is 0. The predicted octanol–water partition coefficient (Wildman–Crippen LogP) is 3.33. The number of hydrogen-bond donors (Lipinski definition) is 2. The second-order valence-corrected chi connectivity index (χ2v) is 6.55. The molecule has 5 heteroatoms. The van der Waals surface area contributed by atoms with E-state index in [0.29, 0.717) is 0 Å². The molecule has 0 aliphatic carbocycles. The first-order valence-corrected chi connectivity index (χ1v) is 7.99. The number of alkyl carbamates (subject to hydrolysis) is 1. The lowest BCUT2D eigenvalue weighted by atomic mass is 9.97. The molecule has 2 N–H and O–H groups in total. The van der Waals surface area contributed by atoms with E-state index in [-0.39, 0.29) is 6.42 Å². The van der Waals surface area contributed by atoms with Crippen LogP contribution in [0, 0.1) is 0 Å². The third-order valence-electron chi connectivity index (χ3n) is 3.46. The smallest absolute Gasteiger partial charge is 0.408 e. The number of carboxylic acids is 1. The van der Waals surface area contributed by atoms with Gasteiger partial charge < -0.3 is 15.2 Å². The fraction of sp³-hybridized carbons (Fsp3) is 0.556. The highest BCUT2D eigenvalue weighted by atomic mass is 16.6. The average Bonchev–Trinajstić information content (AvgIpc) is 2.44. The molecule has 0 spiro atoms. The molecule has 0 aliphatic rings. The normalized spacial score (nSPS) is 12.6. The molecular weight excluding hydrogens is 294 g/mol. The van der Waals surface area contributed by atoms with Gasteiger partial charge in [-0.3, -0.25) is 0 Å². The second-order valence-electron chi connectivity index (χ2n) is 6.55. The van der Waals surface area contributed by atoms with E-state index in [9.17, 15) is 14.7 Å². The topological polar surface area (TPSA) is 75.6 Å². The summed E-state index contributed by atoms with van der Waals surface area (Å²) < 4.78 is 5.12. The third kappa shape index (κ3) is 6.30. The first-order chi connectivity index (χ1) is 10.7. The van der Waals surface area contributed by atoms with E-state index in [1.54, 1.807) is 20.8 Å². The lowest BCUT2D eigenvalue weighted by Crippen LogP contribution is -2.44. The maximum absolute atomic E-state index is 11.8. The number of carbonyl (C=O) groups excluding carboxylic acids is 1. The zero-order chi connectivity index (χ0) is 17.6. The number of carbonyl (C=O) groups is 2. The molecule has 128 valence electrons. The van der Waals surface area contributed by atoms with E-state index < -0.39 is 23.7 Å². The van der Waals surface area contributed by atoms with E-state index in [0.717, 1.165) is 18.4 Å². The highest BCUT2D eigenvalue weighted by Gasteiger charge is 2.24. The van der Waals surface area contributed by atoms with Crippen LogP contribution < -0.4 is 5.32 Å². The first kappa shape index (κ1) is 19.0. The van der Waals surface area contributed by atoms with Gasteiger partial charge in [0.25, 0.3) is 0 Å². The fourth-order valence-corrected chi connectivity index (χ4v) is 2.37. The molecular formula is C18H27NO4. The molecule has 23 heavy (non-hydrogen) atoms. The van der Waals surface area contributed by atoms with Gasteiger partial charge in [0.2, 0.25) is 0 Å². The highest BCUT2D eigenvalue weighted by Crippen LogP contribution is 2.15. The van der Waals surface area contributed by atoms with Crippen LogP contribution in [0.25, 0.3) is 0 Å². The maximum atomic E-state index is 11.8. The number of aryl methyl sites for hydroxylation is 2. The van der Waals surface area contributed by atoms with Gasteiger partial charge >= 0.3 is 12.1 Å². The van der Waals surface area contributed by atoms with Gasteiger partial charge in [-0.1, -0.05) is 32.0 Å². The number of hydrogen-bond acceptors (Lipinski definition) is 3. The Kier molecular flexibility index (Phi) is 6.61. The van der Waals surface area contributed by atoms with E-state index in [4.69, 9.17) is 4.74 Å². The molecule has 0 saturated heterocycles. The van der Waals surface area contributed by atoms with Gasteiger partial charge in [-0.05, 0) is 50.3 Å². The minimum atomic E-state index is -1.08. The summed E-state index contributed by atoms with van der Waals surface area (Å²) in [7, 11) is 0. The Morgan fingerprint density at radius 2 is 1.78 bits per heavy atom. The summed E-state index contributed by atoms with van der Waals surface area (Å²) in [6.07, 6.45) is 1.35. The number of aliphatic carboxylic acids is 1. The fourth-order valence-electron chi connectivity index (χ4n) is 2.37. The standard InChI is InChI=1S/C18H27NO4/c1-6-13-9-8-12(10-14(13)7-2)11-15(16(20)21)19-17(22)23-18(3,4)5/h8-10,15H,6-7,11H2,1-5H3,(H,19,22)(H,20,21). The summed E-state index contributed by atoms with van der Waals surface area (Å²) in [6, 6.07) is 4.96. The van der Waals surface area contributed by atoms with E-state index in [2.05, 4.69) is 19.2 Å². The number of ether oxygens (including phenoxy) is 1. The van der Waals surface area contributed by atoms with Crippen molar-refractivity contribution in [2.75, 3.05) is 0 Å². The lowest BCUT2D eigenvalue weighted by molar-refractivity contribution is -0.139. The maximum Gasteiger partial charge on any atom is 0.408 e. The molecule has 0 heterocycles. The SMILES string of the molecule is CCc1ccc(CC(NC(=O)OC(C)(C)C)C(=O)O)cc1CC. The van der Waals surface area contributed by atoms with Crippen molar-refractivity contribution in [3.8, 4) is 0 Å². The van der Waals surface area contributed by atoms with Crippen LogP contribution in [0.15, 0.2) is 18.2 Å². The molecule has 0 bridgehead atoms. The van der Waals surface area contributed by atoms with Crippen molar-refractivity contribution in [3.63, 3.8) is 0 Å². The van der Waals surface area contributed by atoms with Crippen molar-refractivity contribution < 1.29 is 19.4 Å². The Hall–Kier alpha value is -2.04. The number of carboxylic acid groups (broad SMARTS) is 1. The van der Waals surface area contributed by atoms with Gasteiger partial charge in [-0.2, -0.15) is 0 Å². The molecule has 1 amide bonds. The van der Waals surface area contributed by atoms with E-state index in [1.807, 2.05) is 18.2 Å². The van der Waals surface area contributed by atoms with Crippen molar-refractivity contribution in [2.45, 2.75) is 65.5 Å².